The summed E-state index contributed by atoms with van der Waals surface area (Å²) in [4.78, 5) is 9.37. The lowest BCUT2D eigenvalue weighted by Crippen LogP contribution is -2.45. The van der Waals surface area contributed by atoms with Gasteiger partial charge in [0.2, 0.25) is 0 Å². The van der Waals surface area contributed by atoms with E-state index in [-0.39, 0.29) is 0 Å². The Morgan fingerprint density at radius 1 is 1.45 bits per heavy atom. The number of thiazole rings is 1. The maximum absolute atomic E-state index is 4.71. The fourth-order valence-corrected chi connectivity index (χ4v) is 3.73. The molecule has 0 amide bonds. The Morgan fingerprint density at radius 3 is 2.91 bits per heavy atom. The highest BCUT2D eigenvalue weighted by Gasteiger charge is 2.19. The zero-order valence-corrected chi connectivity index (χ0v) is 15.2. The number of guanidine groups is 1. The summed E-state index contributed by atoms with van der Waals surface area (Å²) in [6.07, 6.45) is 5.19. The summed E-state index contributed by atoms with van der Waals surface area (Å²) in [6, 6.07) is 0.559. The van der Waals surface area contributed by atoms with Gasteiger partial charge in [-0.3, -0.25) is 0 Å². The third kappa shape index (κ3) is 5.27. The number of hydrogen-bond acceptors (Lipinski definition) is 3. The molecule has 124 valence electrons. The maximum atomic E-state index is 4.71. The van der Waals surface area contributed by atoms with Crippen molar-refractivity contribution in [3.8, 4) is 0 Å². The van der Waals surface area contributed by atoms with E-state index in [1.54, 1.807) is 11.3 Å². The molecule has 22 heavy (non-hydrogen) atoms. The summed E-state index contributed by atoms with van der Waals surface area (Å²) in [5.74, 6) is 2.25. The van der Waals surface area contributed by atoms with Crippen molar-refractivity contribution in [2.75, 3.05) is 6.54 Å². The zero-order chi connectivity index (χ0) is 15.9. The van der Waals surface area contributed by atoms with Gasteiger partial charge >= 0.3 is 0 Å². The van der Waals surface area contributed by atoms with E-state index >= 15 is 0 Å². The molecule has 0 saturated heterocycles. The van der Waals surface area contributed by atoms with Crippen molar-refractivity contribution in [2.24, 2.45) is 10.9 Å². The van der Waals surface area contributed by atoms with E-state index in [9.17, 15) is 0 Å². The third-order valence-electron chi connectivity index (χ3n) is 4.08. The first kappa shape index (κ1) is 17.3. The summed E-state index contributed by atoms with van der Waals surface area (Å²) < 4.78 is 0. The Hall–Kier alpha value is -1.10. The smallest absolute Gasteiger partial charge is 0.191 e. The van der Waals surface area contributed by atoms with Crippen LogP contribution in [-0.4, -0.2) is 23.5 Å². The standard InChI is InChI=1S/C17H30N4S/c1-5-18-17(21-14-8-6-7-13(4)9-14)19-10-15-11-22-16(20-15)12(2)3/h11-14H,5-10H2,1-4H3,(H2,18,19,21). The molecule has 1 aromatic heterocycles. The number of aromatic nitrogens is 1. The Labute approximate surface area is 138 Å². The SMILES string of the molecule is CCNC(=NCc1csc(C(C)C)n1)NC1CCCC(C)C1. The molecule has 1 aromatic rings. The van der Waals surface area contributed by atoms with E-state index in [4.69, 9.17) is 4.99 Å². The first-order valence-corrected chi connectivity index (χ1v) is 9.45. The van der Waals surface area contributed by atoms with E-state index in [1.807, 2.05) is 0 Å². The molecule has 0 bridgehead atoms. The van der Waals surface area contributed by atoms with Crippen molar-refractivity contribution in [1.82, 2.24) is 15.6 Å². The van der Waals surface area contributed by atoms with Gasteiger partial charge in [-0.05, 0) is 25.7 Å². The number of nitrogens with zero attached hydrogens (tertiary/aromatic N) is 2. The minimum atomic E-state index is 0.498. The Balaban J connectivity index is 1.93. The van der Waals surface area contributed by atoms with Gasteiger partial charge in [0.15, 0.2) is 5.96 Å². The highest BCUT2D eigenvalue weighted by molar-refractivity contribution is 7.09. The van der Waals surface area contributed by atoms with Crippen LogP contribution in [0.4, 0.5) is 0 Å². The van der Waals surface area contributed by atoms with Gasteiger partial charge in [-0.2, -0.15) is 0 Å². The zero-order valence-electron chi connectivity index (χ0n) is 14.4. The number of nitrogens with one attached hydrogen (secondary N) is 2. The van der Waals surface area contributed by atoms with Gasteiger partial charge in [0.05, 0.1) is 17.2 Å². The summed E-state index contributed by atoms with van der Waals surface area (Å²) in [5.41, 5.74) is 1.07. The second-order valence-electron chi connectivity index (χ2n) is 6.64. The van der Waals surface area contributed by atoms with Gasteiger partial charge < -0.3 is 10.6 Å². The Morgan fingerprint density at radius 2 is 2.27 bits per heavy atom. The fraction of sp³-hybridized carbons (Fsp3) is 0.765. The fourth-order valence-electron chi connectivity index (χ4n) is 2.90. The lowest BCUT2D eigenvalue weighted by atomic mass is 9.87. The predicted octanol–water partition coefficient (Wildman–Crippen LogP) is 3.90. The molecule has 2 atom stereocenters. The molecule has 1 fully saturated rings. The van der Waals surface area contributed by atoms with Crippen molar-refractivity contribution in [3.05, 3.63) is 16.1 Å². The van der Waals surface area contributed by atoms with Crippen LogP contribution < -0.4 is 10.6 Å². The van der Waals surface area contributed by atoms with Gasteiger partial charge in [0.1, 0.15) is 0 Å². The summed E-state index contributed by atoms with van der Waals surface area (Å²) in [7, 11) is 0. The average molecular weight is 323 g/mol. The number of hydrogen-bond donors (Lipinski definition) is 2. The first-order chi connectivity index (χ1) is 10.6. The molecular weight excluding hydrogens is 292 g/mol. The normalized spacial score (nSPS) is 22.9. The molecule has 2 N–H and O–H groups in total. The van der Waals surface area contributed by atoms with Crippen LogP contribution in [0.1, 0.15) is 70.0 Å². The molecule has 0 radical (unpaired) electrons. The minimum absolute atomic E-state index is 0.498. The van der Waals surface area contributed by atoms with Crippen LogP contribution in [0, 0.1) is 5.92 Å². The van der Waals surface area contributed by atoms with Gasteiger partial charge in [0, 0.05) is 23.9 Å². The highest BCUT2D eigenvalue weighted by atomic mass is 32.1. The van der Waals surface area contributed by atoms with E-state index in [0.29, 0.717) is 18.5 Å². The Bertz CT molecular complexity index is 481. The summed E-state index contributed by atoms with van der Waals surface area (Å²) in [5, 5.41) is 10.3. The van der Waals surface area contributed by atoms with Crippen molar-refractivity contribution >= 4 is 17.3 Å². The van der Waals surface area contributed by atoms with E-state index in [0.717, 1.165) is 24.1 Å². The van der Waals surface area contributed by atoms with E-state index in [2.05, 4.69) is 48.7 Å². The third-order valence-corrected chi connectivity index (χ3v) is 5.28. The van der Waals surface area contributed by atoms with Crippen LogP contribution in [0.5, 0.6) is 0 Å². The lowest BCUT2D eigenvalue weighted by Gasteiger charge is -2.28. The largest absolute Gasteiger partial charge is 0.357 e. The van der Waals surface area contributed by atoms with Crippen molar-refractivity contribution < 1.29 is 0 Å². The molecule has 4 nitrogen and oxygen atoms in total. The second kappa shape index (κ2) is 8.51. The van der Waals surface area contributed by atoms with Crippen molar-refractivity contribution in [3.63, 3.8) is 0 Å². The molecule has 5 heteroatoms. The first-order valence-electron chi connectivity index (χ1n) is 8.57. The quantitative estimate of drug-likeness (QED) is 0.638. The lowest BCUT2D eigenvalue weighted by molar-refractivity contribution is 0.324. The van der Waals surface area contributed by atoms with Crippen LogP contribution >= 0.6 is 11.3 Å². The van der Waals surface area contributed by atoms with Gasteiger partial charge in [-0.25, -0.2) is 9.98 Å². The van der Waals surface area contributed by atoms with E-state index in [1.165, 1.54) is 30.7 Å². The van der Waals surface area contributed by atoms with E-state index < -0.39 is 0 Å². The number of rotatable bonds is 5. The summed E-state index contributed by atoms with van der Waals surface area (Å²) in [6.45, 7) is 10.4. The maximum Gasteiger partial charge on any atom is 0.191 e. The van der Waals surface area contributed by atoms with Gasteiger partial charge in [-0.15, -0.1) is 11.3 Å². The molecule has 2 rings (SSSR count). The minimum Gasteiger partial charge on any atom is -0.357 e. The van der Waals surface area contributed by atoms with Gasteiger partial charge in [0.25, 0.3) is 0 Å². The van der Waals surface area contributed by atoms with Crippen LogP contribution in [-0.2, 0) is 6.54 Å². The molecule has 0 aliphatic heterocycles. The van der Waals surface area contributed by atoms with Crippen LogP contribution in [0.15, 0.2) is 10.4 Å². The monoisotopic (exact) mass is 322 g/mol. The molecule has 2 unspecified atom stereocenters. The summed E-state index contributed by atoms with van der Waals surface area (Å²) >= 11 is 1.74. The molecule has 1 aliphatic rings. The topological polar surface area (TPSA) is 49.3 Å². The van der Waals surface area contributed by atoms with Crippen LogP contribution in [0.3, 0.4) is 0 Å². The predicted molar refractivity (Wildman–Crippen MR) is 95.6 cm³/mol. The van der Waals surface area contributed by atoms with Crippen molar-refractivity contribution in [1.29, 1.82) is 0 Å². The number of aliphatic imine (C=N–C) groups is 1. The molecule has 1 aliphatic carbocycles. The Kier molecular flexibility index (Phi) is 6.68. The van der Waals surface area contributed by atoms with Gasteiger partial charge in [-0.1, -0.05) is 33.6 Å². The highest BCUT2D eigenvalue weighted by Crippen LogP contribution is 2.23. The van der Waals surface area contributed by atoms with Crippen LogP contribution in [0.25, 0.3) is 0 Å². The second-order valence-corrected chi connectivity index (χ2v) is 7.53. The molecule has 1 saturated carbocycles. The average Bonchev–Trinajstić information content (AvgIpc) is 2.94. The molecule has 0 aromatic carbocycles. The van der Waals surface area contributed by atoms with Crippen LogP contribution in [0.2, 0.25) is 0 Å². The molecule has 1 heterocycles. The van der Waals surface area contributed by atoms with Crippen molar-refractivity contribution in [2.45, 2.75) is 71.9 Å². The molecular formula is C17H30N4S. The molecule has 0 spiro atoms.